The van der Waals surface area contributed by atoms with E-state index in [9.17, 15) is 5.11 Å². The summed E-state index contributed by atoms with van der Waals surface area (Å²) in [6.07, 6.45) is 0.928. The van der Waals surface area contributed by atoms with Gasteiger partial charge >= 0.3 is 0 Å². The molecule has 0 atom stereocenters. The number of rotatable bonds is 4. The van der Waals surface area contributed by atoms with Gasteiger partial charge in [-0.05, 0) is 35.7 Å². The largest absolute Gasteiger partial charge is 0.507 e. The Morgan fingerprint density at radius 2 is 1.67 bits per heavy atom. The van der Waals surface area contributed by atoms with Crippen LogP contribution in [-0.4, -0.2) is 30.8 Å². The zero-order valence-electron chi connectivity index (χ0n) is 15.5. The van der Waals surface area contributed by atoms with Gasteiger partial charge in [-0.1, -0.05) is 35.9 Å². The molecule has 0 fully saturated rings. The minimum Gasteiger partial charge on any atom is -0.507 e. The molecule has 140 valence electrons. The van der Waals surface area contributed by atoms with Crippen molar-refractivity contribution in [2.75, 3.05) is 20.8 Å². The van der Waals surface area contributed by atoms with Crippen LogP contribution in [0.2, 0.25) is 5.02 Å². The maximum Gasteiger partial charge on any atom is 0.161 e. The molecule has 0 unspecified atom stereocenters. The number of phenols is 1. The summed E-state index contributed by atoms with van der Waals surface area (Å²) in [5.74, 6) is 1.83. The maximum absolute atomic E-state index is 10.7. The Hall–Kier alpha value is -2.43. The third-order valence-corrected chi connectivity index (χ3v) is 5.55. The van der Waals surface area contributed by atoms with Gasteiger partial charge in [0.1, 0.15) is 5.75 Å². The quantitative estimate of drug-likeness (QED) is 0.704. The lowest BCUT2D eigenvalue weighted by atomic mass is 9.97. The summed E-state index contributed by atoms with van der Waals surface area (Å²) in [5, 5.41) is 13.1. The third-order valence-electron chi connectivity index (χ3n) is 5.24. The second kappa shape index (κ2) is 7.29. The van der Waals surface area contributed by atoms with Gasteiger partial charge < -0.3 is 14.6 Å². The van der Waals surface area contributed by atoms with E-state index in [4.69, 9.17) is 21.1 Å². The highest BCUT2D eigenvalue weighted by Crippen LogP contribution is 2.37. The number of ether oxygens (including phenoxy) is 2. The van der Waals surface area contributed by atoms with Crippen molar-refractivity contribution < 1.29 is 14.6 Å². The van der Waals surface area contributed by atoms with Crippen molar-refractivity contribution in [2.45, 2.75) is 19.5 Å². The van der Waals surface area contributed by atoms with Gasteiger partial charge in [0.2, 0.25) is 0 Å². The van der Waals surface area contributed by atoms with E-state index in [2.05, 4.69) is 11.0 Å². The zero-order valence-corrected chi connectivity index (χ0v) is 16.2. The molecule has 0 bridgehead atoms. The molecule has 1 aliphatic heterocycles. The summed E-state index contributed by atoms with van der Waals surface area (Å²) in [5.41, 5.74) is 3.36. The molecule has 1 heterocycles. The van der Waals surface area contributed by atoms with E-state index in [1.54, 1.807) is 14.2 Å². The lowest BCUT2D eigenvalue weighted by Crippen LogP contribution is -2.30. The predicted molar refractivity (Wildman–Crippen MR) is 108 cm³/mol. The van der Waals surface area contributed by atoms with E-state index >= 15 is 0 Å². The maximum atomic E-state index is 10.7. The molecule has 1 aliphatic rings. The van der Waals surface area contributed by atoms with Crippen LogP contribution in [0.4, 0.5) is 0 Å². The van der Waals surface area contributed by atoms with E-state index in [-0.39, 0.29) is 0 Å². The Morgan fingerprint density at radius 1 is 1.00 bits per heavy atom. The number of hydrogen-bond donors (Lipinski definition) is 1. The number of phenolic OH excluding ortho intramolecular Hbond substituents is 1. The van der Waals surface area contributed by atoms with Crippen LogP contribution >= 0.6 is 11.6 Å². The van der Waals surface area contributed by atoms with Crippen LogP contribution in [-0.2, 0) is 19.5 Å². The molecule has 1 N–H and O–H groups in total. The average Bonchev–Trinajstić information content (AvgIpc) is 2.70. The first kappa shape index (κ1) is 18.0. The smallest absolute Gasteiger partial charge is 0.161 e. The first-order valence-corrected chi connectivity index (χ1v) is 9.33. The number of nitrogens with zero attached hydrogens (tertiary/aromatic N) is 1. The summed E-state index contributed by atoms with van der Waals surface area (Å²) in [4.78, 5) is 2.31. The Kier molecular flexibility index (Phi) is 4.85. The molecule has 4 nitrogen and oxygen atoms in total. The Balaban J connectivity index is 1.62. The van der Waals surface area contributed by atoms with Crippen LogP contribution in [0, 0.1) is 0 Å². The minimum atomic E-state index is 0.313. The van der Waals surface area contributed by atoms with E-state index in [0.717, 1.165) is 47.3 Å². The zero-order chi connectivity index (χ0) is 19.0. The van der Waals surface area contributed by atoms with Crippen LogP contribution < -0.4 is 9.47 Å². The monoisotopic (exact) mass is 383 g/mol. The normalized spacial score (nSPS) is 14.2. The fraction of sp³-hybridized carbons (Fsp3) is 0.273. The molecule has 4 rings (SSSR count). The molecule has 27 heavy (non-hydrogen) atoms. The van der Waals surface area contributed by atoms with E-state index in [1.807, 2.05) is 36.4 Å². The molecular weight excluding hydrogens is 362 g/mol. The molecular formula is C22H22ClNO3. The number of methoxy groups -OCH3 is 2. The van der Waals surface area contributed by atoms with Crippen molar-refractivity contribution >= 4 is 22.4 Å². The van der Waals surface area contributed by atoms with Crippen LogP contribution in [0.15, 0.2) is 42.5 Å². The lowest BCUT2D eigenvalue weighted by Gasteiger charge is -2.30. The number of fused-ring (bicyclic) bond motifs is 2. The Morgan fingerprint density at radius 3 is 2.37 bits per heavy atom. The fourth-order valence-electron chi connectivity index (χ4n) is 3.81. The van der Waals surface area contributed by atoms with Crippen molar-refractivity contribution in [2.24, 2.45) is 0 Å². The molecule has 0 radical (unpaired) electrons. The van der Waals surface area contributed by atoms with E-state index in [1.165, 1.54) is 11.1 Å². The standard InChI is InChI=1S/C22H22ClNO3/c1-26-20-10-14-7-8-24(12-15(14)11-21(20)27-2)13-16-9-19(23)17-5-3-4-6-18(17)22(16)25/h3-6,9-11,25H,7-8,12-13H2,1-2H3. The summed E-state index contributed by atoms with van der Waals surface area (Å²) >= 11 is 6.45. The molecule has 5 heteroatoms. The summed E-state index contributed by atoms with van der Waals surface area (Å²) < 4.78 is 10.8. The molecule has 3 aromatic rings. The highest BCUT2D eigenvalue weighted by Gasteiger charge is 2.21. The first-order chi connectivity index (χ1) is 13.1. The Bertz CT molecular complexity index is 1000. The second-order valence-electron chi connectivity index (χ2n) is 6.85. The van der Waals surface area contributed by atoms with Crippen molar-refractivity contribution in [1.29, 1.82) is 0 Å². The lowest BCUT2D eigenvalue weighted by molar-refractivity contribution is 0.241. The van der Waals surface area contributed by atoms with E-state index < -0.39 is 0 Å². The van der Waals surface area contributed by atoms with Gasteiger partial charge in [-0.3, -0.25) is 4.90 Å². The number of benzene rings is 3. The molecule has 0 spiro atoms. The van der Waals surface area contributed by atoms with Crippen molar-refractivity contribution in [1.82, 2.24) is 4.90 Å². The van der Waals surface area contributed by atoms with Gasteiger partial charge in [-0.15, -0.1) is 0 Å². The number of aromatic hydroxyl groups is 1. The highest BCUT2D eigenvalue weighted by atomic mass is 35.5. The first-order valence-electron chi connectivity index (χ1n) is 8.96. The van der Waals surface area contributed by atoms with Gasteiger partial charge in [0.05, 0.1) is 14.2 Å². The van der Waals surface area contributed by atoms with Gasteiger partial charge in [0.25, 0.3) is 0 Å². The molecule has 0 aliphatic carbocycles. The summed E-state index contributed by atoms with van der Waals surface area (Å²) in [6.45, 7) is 2.34. The van der Waals surface area contributed by atoms with Crippen LogP contribution in [0.3, 0.4) is 0 Å². The molecule has 0 saturated carbocycles. The predicted octanol–water partition coefficient (Wildman–Crippen LogP) is 4.77. The van der Waals surface area contributed by atoms with E-state index in [0.29, 0.717) is 17.3 Å². The van der Waals surface area contributed by atoms with Crippen LogP contribution in [0.25, 0.3) is 10.8 Å². The Labute approximate surface area is 163 Å². The van der Waals surface area contributed by atoms with Gasteiger partial charge in [-0.2, -0.15) is 0 Å². The number of halogens is 1. The van der Waals surface area contributed by atoms with Crippen LogP contribution in [0.1, 0.15) is 16.7 Å². The highest BCUT2D eigenvalue weighted by molar-refractivity contribution is 6.35. The summed E-state index contributed by atoms with van der Waals surface area (Å²) in [6, 6.07) is 13.7. The van der Waals surface area contributed by atoms with Gasteiger partial charge in [0, 0.05) is 41.0 Å². The molecule has 3 aromatic carbocycles. The molecule has 0 saturated heterocycles. The fourth-order valence-corrected chi connectivity index (χ4v) is 4.10. The van der Waals surface area contributed by atoms with Crippen LogP contribution in [0.5, 0.6) is 17.2 Å². The molecule has 0 amide bonds. The van der Waals surface area contributed by atoms with Crippen molar-refractivity contribution in [3.05, 3.63) is 64.2 Å². The topological polar surface area (TPSA) is 41.9 Å². The SMILES string of the molecule is COc1cc2c(cc1OC)CN(Cc1cc(Cl)c3ccccc3c1O)CC2. The summed E-state index contributed by atoms with van der Waals surface area (Å²) in [7, 11) is 3.31. The van der Waals surface area contributed by atoms with Crippen molar-refractivity contribution in [3.63, 3.8) is 0 Å². The average molecular weight is 384 g/mol. The molecule has 0 aromatic heterocycles. The van der Waals surface area contributed by atoms with Gasteiger partial charge in [0.15, 0.2) is 11.5 Å². The van der Waals surface area contributed by atoms with Gasteiger partial charge in [-0.25, -0.2) is 0 Å². The van der Waals surface area contributed by atoms with Crippen molar-refractivity contribution in [3.8, 4) is 17.2 Å². The second-order valence-corrected chi connectivity index (χ2v) is 7.26. The number of hydrogen-bond acceptors (Lipinski definition) is 4. The minimum absolute atomic E-state index is 0.313. The third kappa shape index (κ3) is 3.31.